The summed E-state index contributed by atoms with van der Waals surface area (Å²) in [4.78, 5) is 27.9. The number of fused-ring (bicyclic) bond motifs is 1. The van der Waals surface area contributed by atoms with Gasteiger partial charge in [0.25, 0.3) is 11.7 Å². The van der Waals surface area contributed by atoms with Crippen molar-refractivity contribution in [2.75, 3.05) is 11.7 Å². The Kier molecular flexibility index (Phi) is 4.55. The monoisotopic (exact) mass is 431 g/mol. The summed E-state index contributed by atoms with van der Waals surface area (Å²) < 4.78 is 16.6. The van der Waals surface area contributed by atoms with Gasteiger partial charge < -0.3 is 19.0 Å². The second-order valence-electron chi connectivity index (χ2n) is 7.90. The third-order valence-corrected chi connectivity index (χ3v) is 5.96. The molecule has 2 aromatic carbocycles. The fourth-order valence-corrected chi connectivity index (χ4v) is 4.15. The minimum atomic E-state index is -0.908. The Morgan fingerprint density at radius 2 is 1.78 bits per heavy atom. The van der Waals surface area contributed by atoms with E-state index in [0.717, 1.165) is 11.1 Å². The number of benzene rings is 2. The molecule has 1 unspecified atom stereocenters. The SMILES string of the molecule is Cc1ccc(C2/C(=C(/O)c3ccc4c(c3)OCO4)C(=O)C(=O)N2c2cccc(C)c2C)o1. The maximum atomic E-state index is 13.2. The van der Waals surface area contributed by atoms with Gasteiger partial charge in [-0.25, -0.2) is 0 Å². The van der Waals surface area contributed by atoms with Gasteiger partial charge >= 0.3 is 0 Å². The lowest BCUT2D eigenvalue weighted by Gasteiger charge is -2.25. The first kappa shape index (κ1) is 19.9. The fourth-order valence-electron chi connectivity index (χ4n) is 4.15. The Labute approximate surface area is 184 Å². The molecule has 1 aromatic heterocycles. The molecule has 3 aromatic rings. The number of nitrogens with zero attached hydrogens (tertiary/aromatic N) is 1. The number of Topliss-reactive ketones (excluding diaryl/α,β-unsaturated/α-hetero) is 1. The highest BCUT2D eigenvalue weighted by molar-refractivity contribution is 6.51. The molecule has 0 saturated carbocycles. The molecule has 0 radical (unpaired) electrons. The van der Waals surface area contributed by atoms with Crippen molar-refractivity contribution in [3.05, 3.63) is 82.3 Å². The smallest absolute Gasteiger partial charge is 0.300 e. The Morgan fingerprint density at radius 3 is 2.53 bits per heavy atom. The summed E-state index contributed by atoms with van der Waals surface area (Å²) in [6.45, 7) is 5.70. The zero-order valence-corrected chi connectivity index (χ0v) is 17.8. The van der Waals surface area contributed by atoms with Crippen LogP contribution in [0, 0.1) is 20.8 Å². The molecular formula is C25H21NO6. The van der Waals surface area contributed by atoms with Gasteiger partial charge in [-0.15, -0.1) is 0 Å². The van der Waals surface area contributed by atoms with E-state index in [2.05, 4.69) is 0 Å². The Hall–Kier alpha value is -4.00. The number of ketones is 1. The van der Waals surface area contributed by atoms with E-state index in [4.69, 9.17) is 13.9 Å². The second-order valence-corrected chi connectivity index (χ2v) is 7.90. The van der Waals surface area contributed by atoms with Gasteiger partial charge in [-0.2, -0.15) is 0 Å². The predicted molar refractivity (Wildman–Crippen MR) is 117 cm³/mol. The lowest BCUT2D eigenvalue weighted by Crippen LogP contribution is -2.30. The first-order chi connectivity index (χ1) is 15.4. The topological polar surface area (TPSA) is 89.2 Å². The molecule has 5 rings (SSSR count). The van der Waals surface area contributed by atoms with Crippen molar-refractivity contribution >= 4 is 23.1 Å². The van der Waals surface area contributed by atoms with Crippen molar-refractivity contribution in [1.82, 2.24) is 0 Å². The fraction of sp³-hybridized carbons (Fsp3) is 0.200. The average Bonchev–Trinajstić information content (AvgIpc) is 3.48. The minimum Gasteiger partial charge on any atom is -0.507 e. The highest BCUT2D eigenvalue weighted by atomic mass is 16.7. The summed E-state index contributed by atoms with van der Waals surface area (Å²) in [5.74, 6) is 0.243. The van der Waals surface area contributed by atoms with E-state index in [-0.39, 0.29) is 18.1 Å². The van der Waals surface area contributed by atoms with Crippen LogP contribution in [-0.4, -0.2) is 23.6 Å². The van der Waals surface area contributed by atoms with Crippen LogP contribution >= 0.6 is 0 Å². The molecule has 3 heterocycles. The summed E-state index contributed by atoms with van der Waals surface area (Å²) in [5, 5.41) is 11.2. The van der Waals surface area contributed by atoms with Gasteiger partial charge in [-0.3, -0.25) is 14.5 Å². The van der Waals surface area contributed by atoms with Crippen LogP contribution in [0.25, 0.3) is 5.76 Å². The molecular weight excluding hydrogens is 410 g/mol. The number of rotatable bonds is 3. The molecule has 0 bridgehead atoms. The number of hydrogen-bond donors (Lipinski definition) is 1. The predicted octanol–water partition coefficient (Wildman–Crippen LogP) is 4.56. The number of anilines is 1. The lowest BCUT2D eigenvalue weighted by atomic mass is 9.98. The number of aliphatic hydroxyl groups excluding tert-OH is 1. The zero-order valence-electron chi connectivity index (χ0n) is 17.8. The van der Waals surface area contributed by atoms with E-state index in [0.29, 0.717) is 34.3 Å². The molecule has 7 nitrogen and oxygen atoms in total. The van der Waals surface area contributed by atoms with Gasteiger partial charge in [0.2, 0.25) is 6.79 Å². The number of furan rings is 1. The van der Waals surface area contributed by atoms with Gasteiger partial charge in [0.15, 0.2) is 11.5 Å². The van der Waals surface area contributed by atoms with Gasteiger partial charge in [0.1, 0.15) is 23.3 Å². The van der Waals surface area contributed by atoms with Crippen LogP contribution in [0.4, 0.5) is 5.69 Å². The van der Waals surface area contributed by atoms with Gasteiger partial charge in [0.05, 0.1) is 5.57 Å². The quantitative estimate of drug-likeness (QED) is 0.372. The number of amides is 1. The molecule has 1 atom stereocenters. The number of carbonyl (C=O) groups excluding carboxylic acids is 2. The van der Waals surface area contributed by atoms with Crippen molar-refractivity contribution in [3.63, 3.8) is 0 Å². The Morgan fingerprint density at radius 1 is 1.00 bits per heavy atom. The van der Waals surface area contributed by atoms with E-state index in [9.17, 15) is 14.7 Å². The molecule has 2 aliphatic heterocycles. The van der Waals surface area contributed by atoms with Gasteiger partial charge in [-0.1, -0.05) is 12.1 Å². The number of carbonyl (C=O) groups is 2. The molecule has 162 valence electrons. The standard InChI is InChI=1S/C25H21NO6/c1-13-5-4-6-17(15(13)3)26-22(19-9-7-14(2)32-19)21(24(28)25(26)29)23(27)16-8-10-18-20(11-16)31-12-30-18/h4-11,22,27H,12H2,1-3H3/b23-21-. The Balaban J connectivity index is 1.72. The van der Waals surface area contributed by atoms with Crippen molar-refractivity contribution in [2.24, 2.45) is 0 Å². The van der Waals surface area contributed by atoms with Crippen molar-refractivity contribution in [3.8, 4) is 11.5 Å². The van der Waals surface area contributed by atoms with Crippen LogP contribution in [0.2, 0.25) is 0 Å². The third-order valence-electron chi connectivity index (χ3n) is 5.96. The molecule has 0 spiro atoms. The maximum absolute atomic E-state index is 13.2. The van der Waals surface area contributed by atoms with E-state index in [1.54, 1.807) is 43.3 Å². The normalized spacial score (nSPS) is 19.1. The van der Waals surface area contributed by atoms with Crippen LogP contribution < -0.4 is 14.4 Å². The molecule has 32 heavy (non-hydrogen) atoms. The van der Waals surface area contributed by atoms with Crippen molar-refractivity contribution < 1.29 is 28.6 Å². The highest BCUT2D eigenvalue weighted by Crippen LogP contribution is 2.44. The van der Waals surface area contributed by atoms with E-state index >= 15 is 0 Å². The van der Waals surface area contributed by atoms with Crippen molar-refractivity contribution in [2.45, 2.75) is 26.8 Å². The van der Waals surface area contributed by atoms with Gasteiger partial charge in [0, 0.05) is 11.3 Å². The maximum Gasteiger partial charge on any atom is 0.300 e. The van der Waals surface area contributed by atoms with Gasteiger partial charge in [-0.05, 0) is 68.3 Å². The largest absolute Gasteiger partial charge is 0.507 e. The molecule has 1 saturated heterocycles. The lowest BCUT2D eigenvalue weighted by molar-refractivity contribution is -0.132. The number of aryl methyl sites for hydroxylation is 2. The summed E-state index contributed by atoms with van der Waals surface area (Å²) >= 11 is 0. The molecule has 1 fully saturated rings. The zero-order chi connectivity index (χ0) is 22.6. The summed E-state index contributed by atoms with van der Waals surface area (Å²) in [6.07, 6.45) is 0. The highest BCUT2D eigenvalue weighted by Gasteiger charge is 2.49. The van der Waals surface area contributed by atoms with E-state index in [1.807, 2.05) is 26.0 Å². The summed E-state index contributed by atoms with van der Waals surface area (Å²) in [5.41, 5.74) is 2.75. The molecule has 1 N–H and O–H groups in total. The molecule has 7 heteroatoms. The average molecular weight is 431 g/mol. The van der Waals surface area contributed by atoms with E-state index < -0.39 is 17.7 Å². The van der Waals surface area contributed by atoms with Crippen LogP contribution in [0.5, 0.6) is 11.5 Å². The number of aliphatic hydroxyl groups is 1. The second kappa shape index (κ2) is 7.30. The van der Waals surface area contributed by atoms with Crippen LogP contribution in [0.1, 0.15) is 34.3 Å². The van der Waals surface area contributed by atoms with Crippen LogP contribution in [0.15, 0.2) is 58.5 Å². The Bertz CT molecular complexity index is 1300. The molecule has 2 aliphatic rings. The third kappa shape index (κ3) is 2.97. The van der Waals surface area contributed by atoms with Crippen molar-refractivity contribution in [1.29, 1.82) is 0 Å². The minimum absolute atomic E-state index is 0.0379. The van der Waals surface area contributed by atoms with E-state index in [1.165, 1.54) is 4.90 Å². The first-order valence-corrected chi connectivity index (χ1v) is 10.2. The number of hydrogen-bond acceptors (Lipinski definition) is 6. The molecule has 1 amide bonds. The molecule has 0 aliphatic carbocycles. The summed E-state index contributed by atoms with van der Waals surface area (Å²) in [6, 6.07) is 13.0. The number of ether oxygens (including phenoxy) is 2. The van der Waals surface area contributed by atoms with Crippen LogP contribution in [0.3, 0.4) is 0 Å². The summed E-state index contributed by atoms with van der Waals surface area (Å²) in [7, 11) is 0. The first-order valence-electron chi connectivity index (χ1n) is 10.2. The van der Waals surface area contributed by atoms with Crippen LogP contribution in [-0.2, 0) is 9.59 Å².